The molecule has 1 aliphatic rings. The van der Waals surface area contributed by atoms with Crippen LogP contribution in [0.2, 0.25) is 5.02 Å². The molecule has 0 spiro atoms. The number of hydrogen-bond donors (Lipinski definition) is 2. The first-order chi connectivity index (χ1) is 9.65. The highest BCUT2D eigenvalue weighted by Crippen LogP contribution is 2.40. The molecular weight excluding hydrogens is 274 g/mol. The summed E-state index contributed by atoms with van der Waals surface area (Å²) >= 11 is 5.75. The highest BCUT2D eigenvalue weighted by Gasteiger charge is 2.39. The molecule has 1 saturated carbocycles. The zero-order valence-corrected chi connectivity index (χ0v) is 11.5. The summed E-state index contributed by atoms with van der Waals surface area (Å²) in [7, 11) is 0. The van der Waals surface area contributed by atoms with Gasteiger partial charge in [0.15, 0.2) is 0 Å². The zero-order valence-electron chi connectivity index (χ0n) is 10.7. The van der Waals surface area contributed by atoms with Crippen molar-refractivity contribution in [2.45, 2.75) is 18.4 Å². The van der Waals surface area contributed by atoms with E-state index in [1.807, 2.05) is 18.2 Å². The first-order valence-corrected chi connectivity index (χ1v) is 6.87. The first kappa shape index (κ1) is 13.0. The maximum absolute atomic E-state index is 12.1. The minimum absolute atomic E-state index is 0.0908. The van der Waals surface area contributed by atoms with E-state index in [4.69, 9.17) is 11.6 Å². The smallest absolute Gasteiger partial charge is 0.255 e. The lowest BCUT2D eigenvalue weighted by molar-refractivity contribution is 0.0947. The Kier molecular flexibility index (Phi) is 3.36. The number of phenols is 1. The van der Waals surface area contributed by atoms with E-state index < -0.39 is 0 Å². The van der Waals surface area contributed by atoms with Gasteiger partial charge in [0.2, 0.25) is 0 Å². The van der Waals surface area contributed by atoms with Crippen LogP contribution >= 0.6 is 11.6 Å². The van der Waals surface area contributed by atoms with Gasteiger partial charge in [-0.25, -0.2) is 0 Å². The second kappa shape index (κ2) is 5.17. The summed E-state index contributed by atoms with van der Waals surface area (Å²) in [6.07, 6.45) is 0.935. The van der Waals surface area contributed by atoms with Crippen LogP contribution in [-0.4, -0.2) is 17.1 Å². The molecule has 2 atom stereocenters. The van der Waals surface area contributed by atoms with Crippen molar-refractivity contribution in [2.75, 3.05) is 0 Å². The van der Waals surface area contributed by atoms with Gasteiger partial charge in [-0.05, 0) is 30.2 Å². The molecule has 1 aliphatic carbocycles. The van der Waals surface area contributed by atoms with Crippen LogP contribution in [0.15, 0.2) is 48.5 Å². The van der Waals surface area contributed by atoms with Gasteiger partial charge in [-0.2, -0.15) is 0 Å². The molecule has 2 aromatic rings. The Balaban J connectivity index is 1.66. The second-order valence-electron chi connectivity index (χ2n) is 4.99. The van der Waals surface area contributed by atoms with Gasteiger partial charge in [0.1, 0.15) is 5.75 Å². The van der Waals surface area contributed by atoms with Crippen molar-refractivity contribution < 1.29 is 9.90 Å². The van der Waals surface area contributed by atoms with Gasteiger partial charge < -0.3 is 10.4 Å². The lowest BCUT2D eigenvalue weighted by Crippen LogP contribution is -2.26. The van der Waals surface area contributed by atoms with Crippen LogP contribution in [0.5, 0.6) is 5.75 Å². The Morgan fingerprint density at radius 1 is 1.20 bits per heavy atom. The van der Waals surface area contributed by atoms with Crippen LogP contribution < -0.4 is 5.32 Å². The van der Waals surface area contributed by atoms with Gasteiger partial charge in [0.25, 0.3) is 5.91 Å². The molecule has 0 aliphatic heterocycles. The Morgan fingerprint density at radius 3 is 2.65 bits per heavy atom. The van der Waals surface area contributed by atoms with Gasteiger partial charge in [-0.15, -0.1) is 0 Å². The average molecular weight is 288 g/mol. The van der Waals surface area contributed by atoms with Gasteiger partial charge in [-0.3, -0.25) is 4.79 Å². The van der Waals surface area contributed by atoms with Crippen molar-refractivity contribution in [1.82, 2.24) is 5.32 Å². The van der Waals surface area contributed by atoms with Crippen molar-refractivity contribution >= 4 is 17.5 Å². The van der Waals surface area contributed by atoms with Gasteiger partial charge >= 0.3 is 0 Å². The highest BCUT2D eigenvalue weighted by molar-refractivity contribution is 6.30. The van der Waals surface area contributed by atoms with E-state index in [-0.39, 0.29) is 23.3 Å². The number of phenolic OH excluding ortho intramolecular Hbond substituents is 1. The summed E-state index contributed by atoms with van der Waals surface area (Å²) in [5.74, 6) is 0.0177. The topological polar surface area (TPSA) is 49.3 Å². The molecule has 3 rings (SSSR count). The molecule has 0 bridgehead atoms. The number of carbonyl (C=O) groups is 1. The third-order valence-electron chi connectivity index (χ3n) is 3.54. The van der Waals surface area contributed by atoms with Gasteiger partial charge in [0, 0.05) is 17.0 Å². The number of hydrogen-bond acceptors (Lipinski definition) is 2. The Morgan fingerprint density at radius 2 is 1.95 bits per heavy atom. The molecular formula is C16H14ClNO2. The second-order valence-corrected chi connectivity index (χ2v) is 5.43. The van der Waals surface area contributed by atoms with E-state index in [0.717, 1.165) is 6.42 Å². The summed E-state index contributed by atoms with van der Waals surface area (Å²) in [5.41, 5.74) is 1.49. The molecule has 0 saturated heterocycles. The number of nitrogens with one attached hydrogen (secondary N) is 1. The van der Waals surface area contributed by atoms with Crippen molar-refractivity contribution in [2.24, 2.45) is 0 Å². The monoisotopic (exact) mass is 287 g/mol. The predicted octanol–water partition coefficient (Wildman–Crippen LogP) is 3.33. The summed E-state index contributed by atoms with van der Waals surface area (Å²) in [4.78, 5) is 12.1. The molecule has 4 heteroatoms. The molecule has 0 aromatic heterocycles. The highest BCUT2D eigenvalue weighted by atomic mass is 35.5. The molecule has 0 radical (unpaired) electrons. The molecule has 2 aromatic carbocycles. The van der Waals surface area contributed by atoms with Crippen molar-refractivity contribution in [3.8, 4) is 5.75 Å². The largest absolute Gasteiger partial charge is 0.507 e. The molecule has 2 unspecified atom stereocenters. The van der Waals surface area contributed by atoms with E-state index in [1.165, 1.54) is 17.7 Å². The lowest BCUT2D eigenvalue weighted by atomic mass is 10.1. The first-order valence-electron chi connectivity index (χ1n) is 6.49. The summed E-state index contributed by atoms with van der Waals surface area (Å²) in [5, 5.41) is 13.1. The van der Waals surface area contributed by atoms with Crippen LogP contribution in [0.4, 0.5) is 0 Å². The minimum atomic E-state index is -0.261. The predicted molar refractivity (Wildman–Crippen MR) is 78.2 cm³/mol. The lowest BCUT2D eigenvalue weighted by Gasteiger charge is -2.07. The number of carbonyl (C=O) groups excluding carboxylic acids is 1. The van der Waals surface area contributed by atoms with E-state index in [2.05, 4.69) is 17.4 Å². The van der Waals surface area contributed by atoms with E-state index >= 15 is 0 Å². The quantitative estimate of drug-likeness (QED) is 0.910. The van der Waals surface area contributed by atoms with E-state index in [0.29, 0.717) is 10.9 Å². The number of halogens is 1. The van der Waals surface area contributed by atoms with E-state index in [9.17, 15) is 9.90 Å². The third-order valence-corrected chi connectivity index (χ3v) is 3.77. The standard InChI is InChI=1S/C16H14ClNO2/c17-11-6-7-12(15(19)8-11)16(20)18-14-9-13(14)10-4-2-1-3-5-10/h1-8,13-14,19H,9H2,(H,18,20). The maximum Gasteiger partial charge on any atom is 0.255 e. The zero-order chi connectivity index (χ0) is 14.1. The van der Waals surface area contributed by atoms with Crippen molar-refractivity contribution in [3.63, 3.8) is 0 Å². The maximum atomic E-state index is 12.1. The summed E-state index contributed by atoms with van der Waals surface area (Å²) in [6, 6.07) is 14.7. The van der Waals surface area contributed by atoms with Crippen LogP contribution in [-0.2, 0) is 0 Å². The Labute approximate surface area is 122 Å². The summed E-state index contributed by atoms with van der Waals surface area (Å²) in [6.45, 7) is 0. The normalized spacial score (nSPS) is 20.4. The molecule has 2 N–H and O–H groups in total. The number of aromatic hydroxyl groups is 1. The third kappa shape index (κ3) is 2.63. The van der Waals surface area contributed by atoms with Gasteiger partial charge in [-0.1, -0.05) is 41.9 Å². The SMILES string of the molecule is O=C(NC1CC1c1ccccc1)c1ccc(Cl)cc1O. The summed E-state index contributed by atoms with van der Waals surface area (Å²) < 4.78 is 0. The molecule has 102 valence electrons. The van der Waals surface area contributed by atoms with Crippen LogP contribution in [0, 0.1) is 0 Å². The van der Waals surface area contributed by atoms with Crippen LogP contribution in [0.3, 0.4) is 0 Å². The molecule has 20 heavy (non-hydrogen) atoms. The molecule has 0 heterocycles. The van der Waals surface area contributed by atoms with Crippen LogP contribution in [0.1, 0.15) is 28.3 Å². The fraction of sp³-hybridized carbons (Fsp3) is 0.188. The molecule has 3 nitrogen and oxygen atoms in total. The number of benzene rings is 2. The number of rotatable bonds is 3. The fourth-order valence-electron chi connectivity index (χ4n) is 2.37. The average Bonchev–Trinajstić information content (AvgIpc) is 3.18. The van der Waals surface area contributed by atoms with Gasteiger partial charge in [0.05, 0.1) is 5.56 Å². The molecule has 1 amide bonds. The molecule has 1 fully saturated rings. The van der Waals surface area contributed by atoms with E-state index in [1.54, 1.807) is 6.07 Å². The number of amides is 1. The van der Waals surface area contributed by atoms with Crippen LogP contribution in [0.25, 0.3) is 0 Å². The van der Waals surface area contributed by atoms with Crippen molar-refractivity contribution in [3.05, 3.63) is 64.7 Å². The van der Waals surface area contributed by atoms with Crippen molar-refractivity contribution in [1.29, 1.82) is 0 Å². The fourth-order valence-corrected chi connectivity index (χ4v) is 2.53. The Hall–Kier alpha value is -2.00. The minimum Gasteiger partial charge on any atom is -0.507 e. The Bertz CT molecular complexity index is 642.